The van der Waals surface area contributed by atoms with E-state index in [9.17, 15) is 13.6 Å². The molecule has 0 heterocycles. The van der Waals surface area contributed by atoms with Gasteiger partial charge in [0.15, 0.2) is 0 Å². The van der Waals surface area contributed by atoms with E-state index in [1.807, 2.05) is 6.07 Å². The molecular formula is C23H26F2O2. The molecule has 2 nitrogen and oxygen atoms in total. The first-order valence-corrected chi connectivity index (χ1v) is 10.1. The fourth-order valence-corrected chi connectivity index (χ4v) is 5.42. The van der Waals surface area contributed by atoms with E-state index < -0.39 is 23.2 Å². The summed E-state index contributed by atoms with van der Waals surface area (Å²) in [6, 6.07) is 5.66. The average Bonchev–Trinajstić information content (AvgIpc) is 2.66. The third-order valence-electron chi connectivity index (χ3n) is 7.01. The standard InChI is InChI=1S/C23H26F2O2/c1-2-13-3-4-15-8-16(6-5-14(15)7-13)17-9-18-11-22(25)20(23(26)27)12-19(18)21(24)10-17/h9-16H,2-8H2,1H3,(H,26,27). The summed E-state index contributed by atoms with van der Waals surface area (Å²) in [7, 11) is 0. The minimum atomic E-state index is -1.38. The van der Waals surface area contributed by atoms with Crippen molar-refractivity contribution >= 4 is 16.7 Å². The van der Waals surface area contributed by atoms with E-state index in [2.05, 4.69) is 6.92 Å². The monoisotopic (exact) mass is 372 g/mol. The minimum Gasteiger partial charge on any atom is -0.478 e. The molecule has 0 radical (unpaired) electrons. The van der Waals surface area contributed by atoms with Gasteiger partial charge in [-0.15, -0.1) is 0 Å². The lowest BCUT2D eigenvalue weighted by atomic mass is 9.63. The maximum absolute atomic E-state index is 14.7. The predicted octanol–water partition coefficient (Wildman–Crippen LogP) is 6.53. The molecule has 4 atom stereocenters. The lowest BCUT2D eigenvalue weighted by Gasteiger charge is -2.42. The molecule has 0 spiro atoms. The zero-order valence-corrected chi connectivity index (χ0v) is 15.7. The SMILES string of the molecule is CCC1CCC2CC(c3cc(F)c4cc(C(=O)O)c(F)cc4c3)CCC2C1. The number of hydrogen-bond acceptors (Lipinski definition) is 1. The molecule has 0 aliphatic heterocycles. The molecule has 4 heteroatoms. The Bertz CT molecular complexity index is 876. The molecule has 4 rings (SSSR count). The van der Waals surface area contributed by atoms with Crippen LogP contribution in [0.1, 0.15) is 73.7 Å². The second-order valence-electron chi connectivity index (χ2n) is 8.48. The Morgan fingerprint density at radius 2 is 1.74 bits per heavy atom. The summed E-state index contributed by atoms with van der Waals surface area (Å²) in [6.07, 6.45) is 8.51. The van der Waals surface area contributed by atoms with Crippen LogP contribution in [0.25, 0.3) is 10.8 Å². The second kappa shape index (κ2) is 7.21. The van der Waals surface area contributed by atoms with Crippen molar-refractivity contribution in [1.29, 1.82) is 0 Å². The van der Waals surface area contributed by atoms with Gasteiger partial charge in [-0.2, -0.15) is 0 Å². The zero-order valence-electron chi connectivity index (χ0n) is 15.7. The largest absolute Gasteiger partial charge is 0.478 e. The van der Waals surface area contributed by atoms with Gasteiger partial charge in [0.2, 0.25) is 0 Å². The summed E-state index contributed by atoms with van der Waals surface area (Å²) in [5.74, 6) is 0.0592. The number of carbonyl (C=O) groups is 1. The van der Waals surface area contributed by atoms with Crippen molar-refractivity contribution in [2.45, 2.75) is 57.8 Å². The number of fused-ring (bicyclic) bond motifs is 2. The maximum atomic E-state index is 14.7. The fourth-order valence-electron chi connectivity index (χ4n) is 5.42. The second-order valence-corrected chi connectivity index (χ2v) is 8.48. The summed E-state index contributed by atoms with van der Waals surface area (Å²) in [5, 5.41) is 9.68. The Kier molecular flexibility index (Phi) is 4.92. The van der Waals surface area contributed by atoms with Crippen LogP contribution in [0.3, 0.4) is 0 Å². The van der Waals surface area contributed by atoms with Crippen molar-refractivity contribution in [1.82, 2.24) is 0 Å². The van der Waals surface area contributed by atoms with E-state index >= 15 is 0 Å². The molecule has 2 fully saturated rings. The Morgan fingerprint density at radius 1 is 1.00 bits per heavy atom. The smallest absolute Gasteiger partial charge is 0.338 e. The number of benzene rings is 2. The lowest BCUT2D eigenvalue weighted by Crippen LogP contribution is -2.30. The van der Waals surface area contributed by atoms with Gasteiger partial charge in [0, 0.05) is 5.39 Å². The maximum Gasteiger partial charge on any atom is 0.338 e. The normalized spacial score (nSPS) is 28.1. The average molecular weight is 372 g/mol. The zero-order chi connectivity index (χ0) is 19.1. The van der Waals surface area contributed by atoms with Crippen LogP contribution in [0, 0.1) is 29.4 Å². The molecule has 4 unspecified atom stereocenters. The van der Waals surface area contributed by atoms with Gasteiger partial charge in [-0.05, 0) is 84.9 Å². The molecule has 0 bridgehead atoms. The third kappa shape index (κ3) is 3.46. The molecule has 0 amide bonds. The van der Waals surface area contributed by atoms with Crippen molar-refractivity contribution in [3.63, 3.8) is 0 Å². The van der Waals surface area contributed by atoms with Crippen LogP contribution in [0.4, 0.5) is 8.78 Å². The first-order chi connectivity index (χ1) is 13.0. The molecular weight excluding hydrogens is 346 g/mol. The number of carboxylic acids is 1. The van der Waals surface area contributed by atoms with Crippen LogP contribution >= 0.6 is 0 Å². The highest BCUT2D eigenvalue weighted by atomic mass is 19.1. The highest BCUT2D eigenvalue weighted by Gasteiger charge is 2.35. The van der Waals surface area contributed by atoms with Gasteiger partial charge >= 0.3 is 5.97 Å². The van der Waals surface area contributed by atoms with E-state index in [0.29, 0.717) is 11.3 Å². The van der Waals surface area contributed by atoms with Gasteiger partial charge in [-0.3, -0.25) is 0 Å². The van der Waals surface area contributed by atoms with Crippen molar-refractivity contribution in [2.75, 3.05) is 0 Å². The first-order valence-electron chi connectivity index (χ1n) is 10.1. The number of aromatic carboxylic acids is 1. The van der Waals surface area contributed by atoms with Crippen LogP contribution in [0.2, 0.25) is 0 Å². The summed E-state index contributed by atoms with van der Waals surface area (Å²) >= 11 is 0. The van der Waals surface area contributed by atoms with E-state index in [-0.39, 0.29) is 5.39 Å². The van der Waals surface area contributed by atoms with Gasteiger partial charge in [-0.1, -0.05) is 25.8 Å². The van der Waals surface area contributed by atoms with Crippen LogP contribution in [0.5, 0.6) is 0 Å². The van der Waals surface area contributed by atoms with Crippen molar-refractivity contribution in [3.05, 3.63) is 47.0 Å². The summed E-state index contributed by atoms with van der Waals surface area (Å²) < 4.78 is 28.8. The predicted molar refractivity (Wildman–Crippen MR) is 102 cm³/mol. The number of rotatable bonds is 3. The number of halogens is 2. The Morgan fingerprint density at radius 3 is 2.48 bits per heavy atom. The lowest BCUT2D eigenvalue weighted by molar-refractivity contribution is 0.0692. The molecule has 2 aromatic carbocycles. The van der Waals surface area contributed by atoms with Crippen molar-refractivity contribution < 1.29 is 18.7 Å². The molecule has 27 heavy (non-hydrogen) atoms. The first kappa shape index (κ1) is 18.4. The number of carboxylic acid groups (broad SMARTS) is 1. The van der Waals surface area contributed by atoms with E-state index in [0.717, 1.165) is 48.3 Å². The molecule has 2 aliphatic carbocycles. The molecule has 2 aliphatic rings. The molecule has 0 saturated heterocycles. The molecule has 2 aromatic rings. The summed E-state index contributed by atoms with van der Waals surface area (Å²) in [5.41, 5.74) is 0.445. The third-order valence-corrected chi connectivity index (χ3v) is 7.01. The summed E-state index contributed by atoms with van der Waals surface area (Å²) in [4.78, 5) is 11.1. The molecule has 144 valence electrons. The van der Waals surface area contributed by atoms with Gasteiger partial charge in [0.25, 0.3) is 0 Å². The van der Waals surface area contributed by atoms with Gasteiger partial charge in [0.1, 0.15) is 11.6 Å². The highest BCUT2D eigenvalue weighted by molar-refractivity contribution is 5.95. The van der Waals surface area contributed by atoms with Gasteiger partial charge in [0.05, 0.1) is 5.56 Å². The topological polar surface area (TPSA) is 37.3 Å². The Labute approximate surface area is 158 Å². The van der Waals surface area contributed by atoms with Crippen LogP contribution in [-0.4, -0.2) is 11.1 Å². The van der Waals surface area contributed by atoms with Gasteiger partial charge < -0.3 is 5.11 Å². The molecule has 0 aromatic heterocycles. The Hall–Kier alpha value is -1.97. The summed E-state index contributed by atoms with van der Waals surface area (Å²) in [6.45, 7) is 2.28. The fraction of sp³-hybridized carbons (Fsp3) is 0.522. The van der Waals surface area contributed by atoms with Crippen molar-refractivity contribution in [3.8, 4) is 0 Å². The quantitative estimate of drug-likeness (QED) is 0.665. The minimum absolute atomic E-state index is 0.176. The van der Waals surface area contributed by atoms with Gasteiger partial charge in [-0.25, -0.2) is 13.6 Å². The van der Waals surface area contributed by atoms with E-state index in [4.69, 9.17) is 5.11 Å². The van der Waals surface area contributed by atoms with Crippen LogP contribution in [0.15, 0.2) is 24.3 Å². The van der Waals surface area contributed by atoms with E-state index in [1.165, 1.54) is 38.2 Å². The highest BCUT2D eigenvalue weighted by Crippen LogP contribution is 2.48. The van der Waals surface area contributed by atoms with Crippen LogP contribution < -0.4 is 0 Å². The number of hydrogen-bond donors (Lipinski definition) is 1. The molecule has 2 saturated carbocycles. The van der Waals surface area contributed by atoms with E-state index in [1.54, 1.807) is 0 Å². The van der Waals surface area contributed by atoms with Crippen LogP contribution in [-0.2, 0) is 0 Å². The Balaban J connectivity index is 1.61. The molecule has 1 N–H and O–H groups in total. The van der Waals surface area contributed by atoms with Crippen molar-refractivity contribution in [2.24, 2.45) is 17.8 Å².